The van der Waals surface area contributed by atoms with Gasteiger partial charge in [0.2, 0.25) is 0 Å². The van der Waals surface area contributed by atoms with Gasteiger partial charge in [-0.1, -0.05) is 59.6 Å². The van der Waals surface area contributed by atoms with E-state index in [4.69, 9.17) is 18.9 Å². The molecule has 0 radical (unpaired) electrons. The van der Waals surface area contributed by atoms with Crippen LogP contribution in [0.2, 0.25) is 39.3 Å². The van der Waals surface area contributed by atoms with Crippen molar-refractivity contribution in [3.63, 3.8) is 0 Å². The van der Waals surface area contributed by atoms with E-state index < -0.39 is 16.1 Å². The van der Waals surface area contributed by atoms with Gasteiger partial charge in [-0.15, -0.1) is 22.9 Å². The molecule has 7 heteroatoms. The van der Waals surface area contributed by atoms with Gasteiger partial charge in [0, 0.05) is 37.0 Å². The zero-order valence-corrected chi connectivity index (χ0v) is 32.2. The Balaban J connectivity index is 0.000000450. The van der Waals surface area contributed by atoms with E-state index in [1.165, 1.54) is 18.4 Å². The fraction of sp³-hybridized carbons (Fsp3) is 0.553. The average molecular weight is 651 g/mol. The third kappa shape index (κ3) is 17.2. The fourth-order valence-corrected chi connectivity index (χ4v) is 5.70. The SMILES string of the molecule is COc1cc(OC)cc(C(=O)CCCCC#C[Si](C)(C)C)c1.COc1cc(OC)cc(C(C)(C)CCCCC#C[Si](C)(C)C)c1. The molecule has 0 aromatic heterocycles. The molecule has 2 rings (SSSR count). The third-order valence-corrected chi connectivity index (χ3v) is 8.90. The second-order valence-corrected chi connectivity index (χ2v) is 23.5. The maximum Gasteiger partial charge on any atom is 0.163 e. The first-order valence-corrected chi connectivity index (χ1v) is 23.0. The number of unbranched alkanes of at least 4 members (excludes halogenated alkanes) is 4. The third-order valence-electron chi connectivity index (χ3n) is 7.04. The van der Waals surface area contributed by atoms with Gasteiger partial charge in [0.1, 0.15) is 39.1 Å². The highest BCUT2D eigenvalue weighted by Crippen LogP contribution is 2.34. The highest BCUT2D eigenvalue weighted by Gasteiger charge is 2.22. The Morgan fingerprint density at radius 3 is 1.42 bits per heavy atom. The molecule has 0 aliphatic carbocycles. The van der Waals surface area contributed by atoms with Gasteiger partial charge >= 0.3 is 0 Å². The second kappa shape index (κ2) is 19.4. The molecule has 248 valence electrons. The number of rotatable bonds is 14. The number of ketones is 1. The maximum absolute atomic E-state index is 12.2. The lowest BCUT2D eigenvalue weighted by molar-refractivity contribution is 0.0978. The van der Waals surface area contributed by atoms with Crippen molar-refractivity contribution in [2.75, 3.05) is 28.4 Å². The standard InChI is InChI=1S/C20H32O2Si.C18H26O3Si/c1-20(2,12-10-8-9-11-13-23(5,6)7)17-14-18(21-3)16-19(15-17)22-4;1-20-16-12-15(13-17(14-16)21-2)18(19)10-8-6-7-9-11-22(3,4)5/h14-16H,8-10,12H2,1-7H3;12-14H,6-8,10H2,1-5H3. The minimum atomic E-state index is -1.27. The zero-order valence-electron chi connectivity index (χ0n) is 30.2. The summed E-state index contributed by atoms with van der Waals surface area (Å²) in [7, 11) is 4.08. The summed E-state index contributed by atoms with van der Waals surface area (Å²) in [4.78, 5) is 12.2. The molecule has 0 fully saturated rings. The molecule has 0 atom stereocenters. The fourth-order valence-electron chi connectivity index (χ4n) is 4.39. The quantitative estimate of drug-likeness (QED) is 0.0882. The number of methoxy groups -OCH3 is 4. The number of ether oxygens (including phenoxy) is 4. The number of carbonyl (C=O) groups excluding carboxylic acids is 1. The van der Waals surface area contributed by atoms with E-state index in [1.54, 1.807) is 46.6 Å². The topological polar surface area (TPSA) is 54.0 Å². The molecule has 0 saturated carbocycles. The van der Waals surface area contributed by atoms with Crippen molar-refractivity contribution in [3.8, 4) is 45.9 Å². The molecule has 5 nitrogen and oxygen atoms in total. The zero-order chi connectivity index (χ0) is 34.1. The van der Waals surface area contributed by atoms with Gasteiger partial charge in [-0.2, -0.15) is 0 Å². The first kappa shape index (κ1) is 39.9. The van der Waals surface area contributed by atoms with Gasteiger partial charge in [0.25, 0.3) is 0 Å². The van der Waals surface area contributed by atoms with Crippen LogP contribution in [-0.4, -0.2) is 50.4 Å². The van der Waals surface area contributed by atoms with Gasteiger partial charge in [0.15, 0.2) is 5.78 Å². The number of hydrogen-bond acceptors (Lipinski definition) is 5. The molecule has 0 unspecified atom stereocenters. The van der Waals surface area contributed by atoms with E-state index >= 15 is 0 Å². The van der Waals surface area contributed by atoms with Crippen molar-refractivity contribution in [2.24, 2.45) is 0 Å². The Morgan fingerprint density at radius 2 is 1.02 bits per heavy atom. The number of hydrogen-bond donors (Lipinski definition) is 0. The summed E-state index contributed by atoms with van der Waals surface area (Å²) in [5, 5.41) is 0. The second-order valence-electron chi connectivity index (χ2n) is 14.0. The molecule has 0 heterocycles. The Hall–Kier alpha value is -3.14. The van der Waals surface area contributed by atoms with Crippen LogP contribution in [0.15, 0.2) is 36.4 Å². The molecule has 0 bridgehead atoms. The molecule has 0 amide bonds. The predicted octanol–water partition coefficient (Wildman–Crippen LogP) is 9.75. The highest BCUT2D eigenvalue weighted by atomic mass is 28.3. The summed E-state index contributed by atoms with van der Waals surface area (Å²) < 4.78 is 21.2. The van der Waals surface area contributed by atoms with Crippen LogP contribution in [0.1, 0.15) is 81.1 Å². The minimum absolute atomic E-state index is 0.105. The van der Waals surface area contributed by atoms with Gasteiger partial charge in [-0.25, -0.2) is 0 Å². The van der Waals surface area contributed by atoms with Crippen molar-refractivity contribution in [3.05, 3.63) is 47.5 Å². The van der Waals surface area contributed by atoms with Crippen LogP contribution in [0.3, 0.4) is 0 Å². The van der Waals surface area contributed by atoms with Crippen LogP contribution >= 0.6 is 0 Å². The first-order chi connectivity index (χ1) is 21.0. The first-order valence-electron chi connectivity index (χ1n) is 16.0. The monoisotopic (exact) mass is 650 g/mol. The van der Waals surface area contributed by atoms with Crippen LogP contribution in [0.25, 0.3) is 0 Å². The Morgan fingerprint density at radius 1 is 0.622 bits per heavy atom. The van der Waals surface area contributed by atoms with E-state index in [0.29, 0.717) is 23.5 Å². The number of carbonyl (C=O) groups is 1. The molecule has 2 aromatic carbocycles. The van der Waals surface area contributed by atoms with Gasteiger partial charge in [0.05, 0.1) is 28.4 Å². The normalized spacial score (nSPS) is 11.1. The van der Waals surface area contributed by atoms with Crippen LogP contribution in [0.4, 0.5) is 0 Å². The molecule has 0 spiro atoms. The maximum atomic E-state index is 12.2. The van der Waals surface area contributed by atoms with E-state index in [9.17, 15) is 4.79 Å². The van der Waals surface area contributed by atoms with E-state index in [1.807, 2.05) is 6.07 Å². The molecular formula is C38H58O5Si2. The summed E-state index contributed by atoms with van der Waals surface area (Å²) >= 11 is 0. The van der Waals surface area contributed by atoms with Crippen molar-refractivity contribution < 1.29 is 23.7 Å². The molecule has 0 saturated heterocycles. The lowest BCUT2D eigenvalue weighted by atomic mass is 9.80. The summed E-state index contributed by atoms with van der Waals surface area (Å²) in [5.74, 6) is 9.71. The van der Waals surface area contributed by atoms with Gasteiger partial charge in [-0.3, -0.25) is 4.79 Å². The predicted molar refractivity (Wildman–Crippen MR) is 196 cm³/mol. The number of Topliss-reactive ketones (excluding diaryl/α,β-unsaturated/α-hetero) is 1. The smallest absolute Gasteiger partial charge is 0.163 e. The Labute approximate surface area is 276 Å². The molecule has 0 aliphatic rings. The Bertz CT molecular complexity index is 1280. The molecule has 0 N–H and O–H groups in total. The van der Waals surface area contributed by atoms with Crippen LogP contribution in [0.5, 0.6) is 23.0 Å². The summed E-state index contributed by atoms with van der Waals surface area (Å²) in [6.45, 7) is 18.2. The van der Waals surface area contributed by atoms with E-state index in [2.05, 4.69) is 88.2 Å². The van der Waals surface area contributed by atoms with Crippen molar-refractivity contribution >= 4 is 21.9 Å². The van der Waals surface area contributed by atoms with E-state index in [0.717, 1.165) is 43.6 Å². The lowest BCUT2D eigenvalue weighted by Crippen LogP contribution is -2.17. The van der Waals surface area contributed by atoms with Crippen LogP contribution in [0, 0.1) is 22.9 Å². The van der Waals surface area contributed by atoms with Crippen molar-refractivity contribution in [1.82, 2.24) is 0 Å². The molecule has 45 heavy (non-hydrogen) atoms. The van der Waals surface area contributed by atoms with Gasteiger partial charge in [-0.05, 0) is 60.9 Å². The molecule has 0 aliphatic heterocycles. The lowest BCUT2D eigenvalue weighted by Gasteiger charge is -2.26. The van der Waals surface area contributed by atoms with Crippen LogP contribution in [-0.2, 0) is 5.41 Å². The Kier molecular flexibility index (Phi) is 17.2. The molecule has 2 aromatic rings. The van der Waals surface area contributed by atoms with Crippen LogP contribution < -0.4 is 18.9 Å². The summed E-state index contributed by atoms with van der Waals surface area (Å²) in [6.07, 6.45) is 7.74. The van der Waals surface area contributed by atoms with Gasteiger partial charge < -0.3 is 18.9 Å². The molecular weight excluding hydrogens is 593 g/mol. The van der Waals surface area contributed by atoms with Crippen molar-refractivity contribution in [1.29, 1.82) is 0 Å². The minimum Gasteiger partial charge on any atom is -0.497 e. The summed E-state index contributed by atoms with van der Waals surface area (Å²) in [5.41, 5.74) is 8.79. The van der Waals surface area contributed by atoms with Crippen molar-refractivity contribution in [2.45, 2.75) is 110 Å². The largest absolute Gasteiger partial charge is 0.497 e. The van der Waals surface area contributed by atoms with E-state index in [-0.39, 0.29) is 11.2 Å². The summed E-state index contributed by atoms with van der Waals surface area (Å²) in [6, 6.07) is 11.4. The average Bonchev–Trinajstić information content (AvgIpc) is 2.99. The number of benzene rings is 2. The highest BCUT2D eigenvalue weighted by molar-refractivity contribution is 6.84.